The van der Waals surface area contributed by atoms with Gasteiger partial charge in [0.25, 0.3) is 0 Å². The van der Waals surface area contributed by atoms with E-state index in [-0.39, 0.29) is 24.9 Å². The smallest absolute Gasteiger partial charge is 0.391 e. The molecular formula is C11H15F3O3. The van der Waals surface area contributed by atoms with Crippen LogP contribution < -0.4 is 0 Å². The van der Waals surface area contributed by atoms with E-state index >= 15 is 0 Å². The van der Waals surface area contributed by atoms with Crippen molar-refractivity contribution in [3.8, 4) is 0 Å². The van der Waals surface area contributed by atoms with Crippen LogP contribution in [0.5, 0.6) is 0 Å². The van der Waals surface area contributed by atoms with E-state index in [0.717, 1.165) is 0 Å². The highest BCUT2D eigenvalue weighted by molar-refractivity contribution is 5.70. The second kappa shape index (κ2) is 4.15. The highest BCUT2D eigenvalue weighted by Gasteiger charge is 2.53. The SMILES string of the molecule is C[C@@H]1C[C@@H]2[C@H](C[C@H](C(F)(F)F)C[C@H]2C(=O)O)O1. The topological polar surface area (TPSA) is 46.5 Å². The molecule has 6 heteroatoms. The summed E-state index contributed by atoms with van der Waals surface area (Å²) in [5.74, 6) is -3.87. The predicted molar refractivity (Wildman–Crippen MR) is 52.3 cm³/mol. The van der Waals surface area contributed by atoms with Crippen molar-refractivity contribution in [2.24, 2.45) is 17.8 Å². The van der Waals surface area contributed by atoms with Gasteiger partial charge in [-0.2, -0.15) is 13.2 Å². The fraction of sp³-hybridized carbons (Fsp3) is 0.909. The first-order valence-electron chi connectivity index (χ1n) is 5.74. The van der Waals surface area contributed by atoms with E-state index in [0.29, 0.717) is 6.42 Å². The number of carbonyl (C=O) groups is 1. The van der Waals surface area contributed by atoms with Gasteiger partial charge in [0.05, 0.1) is 24.0 Å². The van der Waals surface area contributed by atoms with Gasteiger partial charge in [-0.1, -0.05) is 0 Å². The zero-order chi connectivity index (χ0) is 12.8. The van der Waals surface area contributed by atoms with Gasteiger partial charge in [-0.3, -0.25) is 4.79 Å². The molecule has 3 nitrogen and oxygen atoms in total. The molecule has 1 aliphatic carbocycles. The molecule has 1 N–H and O–H groups in total. The van der Waals surface area contributed by atoms with Crippen LogP contribution in [0.1, 0.15) is 26.2 Å². The first kappa shape index (κ1) is 12.7. The Morgan fingerprint density at radius 2 is 1.94 bits per heavy atom. The number of fused-ring (bicyclic) bond motifs is 1. The first-order chi connectivity index (χ1) is 7.79. The molecule has 0 spiro atoms. The molecule has 1 saturated heterocycles. The zero-order valence-electron chi connectivity index (χ0n) is 9.41. The molecule has 98 valence electrons. The second-order valence-electron chi connectivity index (χ2n) is 5.04. The van der Waals surface area contributed by atoms with E-state index in [9.17, 15) is 18.0 Å². The molecule has 0 aromatic rings. The van der Waals surface area contributed by atoms with Gasteiger partial charge in [0, 0.05) is 5.92 Å². The zero-order valence-corrected chi connectivity index (χ0v) is 9.41. The molecule has 0 unspecified atom stereocenters. The molecule has 1 heterocycles. The molecule has 5 atom stereocenters. The third-order valence-electron chi connectivity index (χ3n) is 3.84. The number of halogens is 3. The Morgan fingerprint density at radius 3 is 2.47 bits per heavy atom. The Bertz CT molecular complexity index is 316. The molecule has 2 aliphatic rings. The first-order valence-corrected chi connectivity index (χ1v) is 5.74. The average Bonchev–Trinajstić information content (AvgIpc) is 2.54. The van der Waals surface area contributed by atoms with Crippen molar-refractivity contribution < 1.29 is 27.8 Å². The summed E-state index contributed by atoms with van der Waals surface area (Å²) in [6, 6.07) is 0. The maximum atomic E-state index is 12.7. The Hall–Kier alpha value is -0.780. The third-order valence-corrected chi connectivity index (χ3v) is 3.84. The number of carboxylic acid groups (broad SMARTS) is 1. The Balaban J connectivity index is 2.18. The van der Waals surface area contributed by atoms with Crippen LogP contribution >= 0.6 is 0 Å². The summed E-state index contributed by atoms with van der Waals surface area (Å²) in [5.41, 5.74) is 0. The molecule has 0 radical (unpaired) electrons. The summed E-state index contributed by atoms with van der Waals surface area (Å²) in [6.45, 7) is 1.78. The van der Waals surface area contributed by atoms with Crippen LogP contribution in [0.4, 0.5) is 13.2 Å². The molecule has 1 aliphatic heterocycles. The fourth-order valence-electron chi connectivity index (χ4n) is 3.05. The van der Waals surface area contributed by atoms with Crippen LogP contribution in [0.3, 0.4) is 0 Å². The lowest BCUT2D eigenvalue weighted by atomic mass is 9.71. The van der Waals surface area contributed by atoms with E-state index in [4.69, 9.17) is 9.84 Å². The fourth-order valence-corrected chi connectivity index (χ4v) is 3.05. The van der Waals surface area contributed by atoms with Crippen molar-refractivity contribution in [1.29, 1.82) is 0 Å². The number of hydrogen-bond acceptors (Lipinski definition) is 2. The minimum absolute atomic E-state index is 0.0950. The predicted octanol–water partition coefficient (Wildman–Crippen LogP) is 2.45. The molecule has 1 saturated carbocycles. The van der Waals surface area contributed by atoms with E-state index in [1.54, 1.807) is 6.92 Å². The minimum Gasteiger partial charge on any atom is -0.481 e. The number of hydrogen-bond donors (Lipinski definition) is 1. The van der Waals surface area contributed by atoms with E-state index in [1.807, 2.05) is 0 Å². The maximum Gasteiger partial charge on any atom is 0.391 e. The van der Waals surface area contributed by atoms with Crippen molar-refractivity contribution in [2.45, 2.75) is 44.6 Å². The number of alkyl halides is 3. The van der Waals surface area contributed by atoms with Gasteiger partial charge in [-0.05, 0) is 26.2 Å². The second-order valence-corrected chi connectivity index (χ2v) is 5.04. The van der Waals surface area contributed by atoms with Crippen molar-refractivity contribution in [3.63, 3.8) is 0 Å². The molecule has 0 bridgehead atoms. The molecule has 2 rings (SSSR count). The Labute approximate surface area is 96.9 Å². The van der Waals surface area contributed by atoms with Crippen molar-refractivity contribution >= 4 is 5.97 Å². The van der Waals surface area contributed by atoms with Crippen LogP contribution in [0.15, 0.2) is 0 Å². The number of ether oxygens (including phenoxy) is 1. The summed E-state index contributed by atoms with van der Waals surface area (Å²) in [6.07, 6.45) is -4.87. The Kier molecular flexibility index (Phi) is 3.10. The molecular weight excluding hydrogens is 237 g/mol. The average molecular weight is 252 g/mol. The number of rotatable bonds is 1. The number of carboxylic acids is 1. The van der Waals surface area contributed by atoms with Gasteiger partial charge in [-0.15, -0.1) is 0 Å². The maximum absolute atomic E-state index is 12.7. The summed E-state index contributed by atoms with van der Waals surface area (Å²) in [5, 5.41) is 9.03. The van der Waals surface area contributed by atoms with Gasteiger partial charge < -0.3 is 9.84 Å². The molecule has 0 amide bonds. The minimum atomic E-state index is -4.33. The van der Waals surface area contributed by atoms with Gasteiger partial charge >= 0.3 is 12.1 Å². The molecule has 17 heavy (non-hydrogen) atoms. The van der Waals surface area contributed by atoms with Crippen molar-refractivity contribution in [3.05, 3.63) is 0 Å². The van der Waals surface area contributed by atoms with Crippen LogP contribution in [0, 0.1) is 17.8 Å². The monoisotopic (exact) mass is 252 g/mol. The lowest BCUT2D eigenvalue weighted by molar-refractivity contribution is -0.201. The molecule has 0 aromatic carbocycles. The van der Waals surface area contributed by atoms with Crippen molar-refractivity contribution in [1.82, 2.24) is 0 Å². The normalized spacial score (nSPS) is 42.2. The number of aliphatic carboxylic acids is 1. The lowest BCUT2D eigenvalue weighted by Gasteiger charge is -2.36. The quantitative estimate of drug-likeness (QED) is 0.779. The van der Waals surface area contributed by atoms with E-state index in [1.165, 1.54) is 0 Å². The van der Waals surface area contributed by atoms with Gasteiger partial charge in [0.1, 0.15) is 0 Å². The van der Waals surface area contributed by atoms with Gasteiger partial charge in [-0.25, -0.2) is 0 Å². The van der Waals surface area contributed by atoms with E-state index < -0.39 is 30.1 Å². The van der Waals surface area contributed by atoms with Crippen LogP contribution in [0.2, 0.25) is 0 Å². The molecule has 0 aromatic heterocycles. The largest absolute Gasteiger partial charge is 0.481 e. The lowest BCUT2D eigenvalue weighted by Crippen LogP contribution is -2.42. The summed E-state index contributed by atoms with van der Waals surface area (Å²) in [7, 11) is 0. The van der Waals surface area contributed by atoms with Gasteiger partial charge in [0.2, 0.25) is 0 Å². The highest BCUT2D eigenvalue weighted by Crippen LogP contribution is 2.48. The summed E-state index contributed by atoms with van der Waals surface area (Å²) < 4.78 is 43.5. The molecule has 2 fully saturated rings. The van der Waals surface area contributed by atoms with E-state index in [2.05, 4.69) is 0 Å². The van der Waals surface area contributed by atoms with Crippen LogP contribution in [-0.4, -0.2) is 29.5 Å². The summed E-state index contributed by atoms with van der Waals surface area (Å²) in [4.78, 5) is 11.1. The van der Waals surface area contributed by atoms with Crippen LogP contribution in [-0.2, 0) is 9.53 Å². The van der Waals surface area contributed by atoms with Gasteiger partial charge in [0.15, 0.2) is 0 Å². The Morgan fingerprint density at radius 1 is 1.29 bits per heavy atom. The summed E-state index contributed by atoms with van der Waals surface area (Å²) >= 11 is 0. The highest BCUT2D eigenvalue weighted by atomic mass is 19.4. The van der Waals surface area contributed by atoms with Crippen LogP contribution in [0.25, 0.3) is 0 Å². The standard InChI is InChI=1S/C11H15F3O3/c1-5-2-7-8(10(15)16)3-6(11(12,13)14)4-9(7)17-5/h5-9H,2-4H2,1H3,(H,15,16)/t5-,6-,7+,8-,9+/m1/s1. The third kappa shape index (κ3) is 2.41. The van der Waals surface area contributed by atoms with Crippen molar-refractivity contribution in [2.75, 3.05) is 0 Å².